The molecule has 3 rings (SSSR count). The Bertz CT molecular complexity index is 896. The molecule has 134 valence electrons. The van der Waals surface area contributed by atoms with Crippen molar-refractivity contribution in [1.82, 2.24) is 20.1 Å². The zero-order valence-electron chi connectivity index (χ0n) is 14.5. The summed E-state index contributed by atoms with van der Waals surface area (Å²) in [6.45, 7) is 3.83. The number of rotatable bonds is 6. The fraction of sp³-hybridized carbons (Fsp3) is 0.211. The highest BCUT2D eigenvalue weighted by molar-refractivity contribution is 6.30. The fourth-order valence-electron chi connectivity index (χ4n) is 2.48. The number of aromatic nitrogens is 3. The summed E-state index contributed by atoms with van der Waals surface area (Å²) >= 11 is 5.94. The lowest BCUT2D eigenvalue weighted by molar-refractivity contribution is -0.127. The molecule has 1 heterocycles. The van der Waals surface area contributed by atoms with E-state index in [1.165, 1.54) is 0 Å². The summed E-state index contributed by atoms with van der Waals surface area (Å²) in [5.74, 6) is 1.03. The second kappa shape index (κ2) is 8.01. The largest absolute Gasteiger partial charge is 0.481 e. The molecule has 6 nitrogen and oxygen atoms in total. The summed E-state index contributed by atoms with van der Waals surface area (Å²) < 4.78 is 7.56. The van der Waals surface area contributed by atoms with Gasteiger partial charge < -0.3 is 10.1 Å². The van der Waals surface area contributed by atoms with Gasteiger partial charge in [0.15, 0.2) is 11.9 Å². The topological polar surface area (TPSA) is 69.0 Å². The highest BCUT2D eigenvalue weighted by atomic mass is 35.5. The fourth-order valence-corrected chi connectivity index (χ4v) is 2.71. The van der Waals surface area contributed by atoms with Crippen LogP contribution >= 0.6 is 11.6 Å². The van der Waals surface area contributed by atoms with Gasteiger partial charge in [0.1, 0.15) is 12.1 Å². The minimum Gasteiger partial charge on any atom is -0.481 e. The van der Waals surface area contributed by atoms with Gasteiger partial charge in [-0.05, 0) is 49.7 Å². The van der Waals surface area contributed by atoms with Gasteiger partial charge >= 0.3 is 0 Å². The van der Waals surface area contributed by atoms with Crippen LogP contribution in [0.2, 0.25) is 5.02 Å². The summed E-state index contributed by atoms with van der Waals surface area (Å²) in [7, 11) is 0. The van der Waals surface area contributed by atoms with Crippen molar-refractivity contribution >= 4 is 17.5 Å². The molecule has 0 unspecified atom stereocenters. The van der Waals surface area contributed by atoms with Crippen molar-refractivity contribution in [2.45, 2.75) is 26.5 Å². The maximum absolute atomic E-state index is 12.3. The van der Waals surface area contributed by atoms with E-state index in [1.54, 1.807) is 31.5 Å². The molecule has 0 aliphatic heterocycles. The number of carbonyl (C=O) groups excluding carboxylic acids is 1. The predicted molar refractivity (Wildman–Crippen MR) is 99.5 cm³/mol. The molecule has 0 saturated carbocycles. The van der Waals surface area contributed by atoms with E-state index in [0.717, 1.165) is 11.3 Å². The highest BCUT2D eigenvalue weighted by Gasteiger charge is 2.17. The molecule has 1 N–H and O–H groups in total. The maximum atomic E-state index is 12.3. The maximum Gasteiger partial charge on any atom is 0.261 e. The number of ether oxygens (including phenoxy) is 1. The first-order valence-corrected chi connectivity index (χ1v) is 8.57. The van der Waals surface area contributed by atoms with Gasteiger partial charge in [-0.2, -0.15) is 0 Å². The minimum absolute atomic E-state index is 0.234. The molecule has 0 spiro atoms. The summed E-state index contributed by atoms with van der Waals surface area (Å²) in [4.78, 5) is 12.3. The molecule has 2 aromatic carbocycles. The average molecular weight is 371 g/mol. The van der Waals surface area contributed by atoms with Crippen LogP contribution in [0.5, 0.6) is 5.75 Å². The Kier molecular flexibility index (Phi) is 5.53. The number of hydrogen-bond donors (Lipinski definition) is 1. The Morgan fingerprint density at radius 1 is 1.27 bits per heavy atom. The van der Waals surface area contributed by atoms with Gasteiger partial charge in [0.25, 0.3) is 5.91 Å². The van der Waals surface area contributed by atoms with Crippen LogP contribution in [-0.4, -0.2) is 26.8 Å². The summed E-state index contributed by atoms with van der Waals surface area (Å²) in [6.07, 6.45) is 0.969. The van der Waals surface area contributed by atoms with Crippen LogP contribution in [0.25, 0.3) is 5.69 Å². The monoisotopic (exact) mass is 370 g/mol. The number of halogens is 1. The van der Waals surface area contributed by atoms with Gasteiger partial charge in [0.05, 0.1) is 6.54 Å². The molecule has 0 aliphatic carbocycles. The highest BCUT2D eigenvalue weighted by Crippen LogP contribution is 2.22. The van der Waals surface area contributed by atoms with Crippen LogP contribution < -0.4 is 10.1 Å². The zero-order chi connectivity index (χ0) is 18.5. The van der Waals surface area contributed by atoms with Crippen LogP contribution in [0.3, 0.4) is 0 Å². The van der Waals surface area contributed by atoms with Crippen LogP contribution in [-0.2, 0) is 11.3 Å². The van der Waals surface area contributed by atoms with Gasteiger partial charge in [-0.3, -0.25) is 9.36 Å². The lowest BCUT2D eigenvalue weighted by Crippen LogP contribution is -2.36. The molecule has 0 saturated heterocycles. The van der Waals surface area contributed by atoms with Gasteiger partial charge in [-0.25, -0.2) is 0 Å². The minimum atomic E-state index is -0.650. The summed E-state index contributed by atoms with van der Waals surface area (Å²) in [5, 5.41) is 11.5. The molecule has 1 amide bonds. The molecule has 7 heteroatoms. The van der Waals surface area contributed by atoms with E-state index in [9.17, 15) is 4.79 Å². The van der Waals surface area contributed by atoms with E-state index in [2.05, 4.69) is 15.5 Å². The summed E-state index contributed by atoms with van der Waals surface area (Å²) in [5.41, 5.74) is 1.81. The number of carbonyl (C=O) groups is 1. The Morgan fingerprint density at radius 3 is 2.77 bits per heavy atom. The second-order valence-electron chi connectivity index (χ2n) is 5.84. The second-order valence-corrected chi connectivity index (χ2v) is 6.28. The van der Waals surface area contributed by atoms with Crippen molar-refractivity contribution in [3.05, 3.63) is 71.3 Å². The molecular formula is C19H19ClN4O2. The number of para-hydroxylation sites is 1. The number of nitrogens with one attached hydrogen (secondary N) is 1. The van der Waals surface area contributed by atoms with Crippen molar-refractivity contribution in [3.63, 3.8) is 0 Å². The Hall–Kier alpha value is -2.86. The van der Waals surface area contributed by atoms with Gasteiger partial charge in [-0.1, -0.05) is 29.8 Å². The van der Waals surface area contributed by atoms with Crippen molar-refractivity contribution in [2.75, 3.05) is 0 Å². The van der Waals surface area contributed by atoms with Crippen LogP contribution in [0, 0.1) is 6.92 Å². The normalized spacial score (nSPS) is 11.8. The number of nitrogens with zero attached hydrogens (tertiary/aromatic N) is 3. The van der Waals surface area contributed by atoms with Crippen molar-refractivity contribution in [2.24, 2.45) is 0 Å². The first-order chi connectivity index (χ1) is 12.5. The molecule has 26 heavy (non-hydrogen) atoms. The third-order valence-electron chi connectivity index (χ3n) is 3.88. The third-order valence-corrected chi connectivity index (χ3v) is 4.12. The molecule has 0 fully saturated rings. The number of hydrogen-bond acceptors (Lipinski definition) is 4. The van der Waals surface area contributed by atoms with E-state index < -0.39 is 6.10 Å². The number of aryl methyl sites for hydroxylation is 1. The molecular weight excluding hydrogens is 352 g/mol. The first kappa shape index (κ1) is 17.9. The number of amides is 1. The van der Waals surface area contributed by atoms with Crippen LogP contribution in [0.4, 0.5) is 0 Å². The van der Waals surface area contributed by atoms with Gasteiger partial charge in [0, 0.05) is 10.7 Å². The smallest absolute Gasteiger partial charge is 0.261 e. The van der Waals surface area contributed by atoms with Crippen molar-refractivity contribution < 1.29 is 9.53 Å². The third kappa shape index (κ3) is 4.21. The predicted octanol–water partition coefficient (Wildman–Crippen LogP) is 3.31. The first-order valence-electron chi connectivity index (χ1n) is 8.19. The van der Waals surface area contributed by atoms with Crippen molar-refractivity contribution in [1.29, 1.82) is 0 Å². The van der Waals surface area contributed by atoms with Crippen molar-refractivity contribution in [3.8, 4) is 11.4 Å². The lowest BCUT2D eigenvalue weighted by Gasteiger charge is -2.16. The van der Waals surface area contributed by atoms with E-state index in [0.29, 0.717) is 16.6 Å². The molecule has 0 aliphatic rings. The van der Waals surface area contributed by atoms with Crippen LogP contribution in [0.1, 0.15) is 18.3 Å². The Labute approximate surface area is 156 Å². The quantitative estimate of drug-likeness (QED) is 0.722. The van der Waals surface area contributed by atoms with E-state index >= 15 is 0 Å². The Balaban J connectivity index is 1.62. The lowest BCUT2D eigenvalue weighted by atomic mass is 10.2. The van der Waals surface area contributed by atoms with E-state index in [4.69, 9.17) is 16.3 Å². The zero-order valence-corrected chi connectivity index (χ0v) is 15.3. The molecule has 1 aromatic heterocycles. The number of benzene rings is 2. The van der Waals surface area contributed by atoms with E-state index in [-0.39, 0.29) is 12.5 Å². The van der Waals surface area contributed by atoms with Gasteiger partial charge in [0.2, 0.25) is 0 Å². The average Bonchev–Trinajstić information content (AvgIpc) is 3.11. The molecule has 0 bridgehead atoms. The SMILES string of the molecule is Cc1cc(Cl)ccc1O[C@@H](C)C(=O)NCc1nncn1-c1ccccc1. The summed E-state index contributed by atoms with van der Waals surface area (Å²) in [6, 6.07) is 15.0. The molecule has 1 atom stereocenters. The Morgan fingerprint density at radius 2 is 2.04 bits per heavy atom. The van der Waals surface area contributed by atoms with Crippen LogP contribution in [0.15, 0.2) is 54.9 Å². The molecule has 0 radical (unpaired) electrons. The van der Waals surface area contributed by atoms with E-state index in [1.807, 2.05) is 41.8 Å². The van der Waals surface area contributed by atoms with Gasteiger partial charge in [-0.15, -0.1) is 10.2 Å². The molecule has 3 aromatic rings. The standard InChI is InChI=1S/C19H19ClN4O2/c1-13-10-15(20)8-9-17(13)26-14(2)19(25)21-11-18-23-22-12-24(18)16-6-4-3-5-7-16/h3-10,12,14H,11H2,1-2H3,(H,21,25)/t14-/m0/s1.